The van der Waals surface area contributed by atoms with Crippen molar-refractivity contribution in [2.45, 2.75) is 26.8 Å². The Kier molecular flexibility index (Phi) is 6.08. The Morgan fingerprint density at radius 2 is 1.90 bits per heavy atom. The van der Waals surface area contributed by atoms with Crippen molar-refractivity contribution in [2.75, 3.05) is 18.0 Å². The second-order valence-corrected chi connectivity index (χ2v) is 4.82. The average molecular weight is 299 g/mol. The number of benzene rings is 1. The quantitative estimate of drug-likeness (QED) is 0.874. The summed E-state index contributed by atoms with van der Waals surface area (Å²) in [6, 6.07) is 2.87. The van der Waals surface area contributed by atoms with E-state index >= 15 is 0 Å². The topological polar surface area (TPSA) is 61.4 Å². The molecule has 0 aliphatic rings. The molecule has 3 amide bonds. The lowest BCUT2D eigenvalue weighted by Crippen LogP contribution is -2.43. The summed E-state index contributed by atoms with van der Waals surface area (Å²) in [5.74, 6) is -2.33. The lowest BCUT2D eigenvalue weighted by molar-refractivity contribution is -0.116. The van der Waals surface area contributed by atoms with Crippen LogP contribution < -0.4 is 15.5 Å². The van der Waals surface area contributed by atoms with Crippen LogP contribution in [-0.2, 0) is 4.79 Å². The van der Waals surface area contributed by atoms with Gasteiger partial charge in [-0.25, -0.2) is 13.6 Å². The van der Waals surface area contributed by atoms with Gasteiger partial charge in [-0.2, -0.15) is 0 Å². The molecule has 0 saturated heterocycles. The number of carbonyl (C=O) groups is 2. The molecule has 0 aliphatic heterocycles. The van der Waals surface area contributed by atoms with Crippen molar-refractivity contribution in [3.05, 3.63) is 29.8 Å². The lowest BCUT2D eigenvalue weighted by atomic mass is 10.2. The normalized spacial score (nSPS) is 10.4. The highest BCUT2D eigenvalue weighted by atomic mass is 19.2. The van der Waals surface area contributed by atoms with Crippen LogP contribution >= 0.6 is 0 Å². The van der Waals surface area contributed by atoms with Gasteiger partial charge < -0.3 is 15.5 Å². The molecule has 0 unspecified atom stereocenters. The molecule has 1 aromatic carbocycles. The molecule has 2 N–H and O–H groups in total. The molecule has 116 valence electrons. The number of urea groups is 1. The first-order valence-corrected chi connectivity index (χ1v) is 6.58. The number of anilines is 1. The van der Waals surface area contributed by atoms with Crippen molar-refractivity contribution >= 4 is 17.6 Å². The molecule has 0 radical (unpaired) electrons. The van der Waals surface area contributed by atoms with Gasteiger partial charge >= 0.3 is 6.03 Å². The monoisotopic (exact) mass is 299 g/mol. The molecule has 0 bridgehead atoms. The average Bonchev–Trinajstić information content (AvgIpc) is 2.37. The SMILES string of the molecule is CC(=O)N(CCNC(=O)NC(C)C)c1ccc(F)c(F)c1. The third-order valence-corrected chi connectivity index (χ3v) is 2.64. The summed E-state index contributed by atoms with van der Waals surface area (Å²) in [7, 11) is 0. The van der Waals surface area contributed by atoms with Crippen LogP contribution in [0.2, 0.25) is 0 Å². The number of amides is 3. The van der Waals surface area contributed by atoms with Crippen LogP contribution in [0.5, 0.6) is 0 Å². The van der Waals surface area contributed by atoms with E-state index in [1.165, 1.54) is 17.9 Å². The summed E-state index contributed by atoms with van der Waals surface area (Å²) in [6.07, 6.45) is 0. The molecule has 21 heavy (non-hydrogen) atoms. The van der Waals surface area contributed by atoms with Crippen molar-refractivity contribution in [2.24, 2.45) is 0 Å². The summed E-state index contributed by atoms with van der Waals surface area (Å²) in [5, 5.41) is 5.22. The first-order chi connectivity index (χ1) is 9.81. The Labute approximate surface area is 122 Å². The highest BCUT2D eigenvalue weighted by Gasteiger charge is 2.14. The van der Waals surface area contributed by atoms with Gasteiger partial charge in [0.15, 0.2) is 11.6 Å². The number of carbonyl (C=O) groups excluding carboxylic acids is 2. The molecule has 0 fully saturated rings. The fraction of sp³-hybridized carbons (Fsp3) is 0.429. The first kappa shape index (κ1) is 16.9. The van der Waals surface area contributed by atoms with Gasteiger partial charge in [-0.1, -0.05) is 0 Å². The Morgan fingerprint density at radius 3 is 2.43 bits per heavy atom. The van der Waals surface area contributed by atoms with Crippen molar-refractivity contribution in [1.82, 2.24) is 10.6 Å². The van der Waals surface area contributed by atoms with Crippen molar-refractivity contribution < 1.29 is 18.4 Å². The highest BCUT2D eigenvalue weighted by molar-refractivity contribution is 5.91. The Morgan fingerprint density at radius 1 is 1.24 bits per heavy atom. The highest BCUT2D eigenvalue weighted by Crippen LogP contribution is 2.17. The standard InChI is InChI=1S/C14H19F2N3O2/c1-9(2)18-14(21)17-6-7-19(10(3)20)11-4-5-12(15)13(16)8-11/h4-5,8-9H,6-7H2,1-3H3,(H2,17,18,21). The Hall–Kier alpha value is -2.18. The minimum atomic E-state index is -1.02. The molecule has 0 aliphatic carbocycles. The van der Waals surface area contributed by atoms with E-state index < -0.39 is 11.6 Å². The third kappa shape index (κ3) is 5.37. The summed E-state index contributed by atoms with van der Waals surface area (Å²) >= 11 is 0. The fourth-order valence-corrected chi connectivity index (χ4v) is 1.72. The van der Waals surface area contributed by atoms with E-state index in [1.54, 1.807) is 0 Å². The lowest BCUT2D eigenvalue weighted by Gasteiger charge is -2.21. The maximum atomic E-state index is 13.2. The predicted molar refractivity (Wildman–Crippen MR) is 76.1 cm³/mol. The van der Waals surface area contributed by atoms with E-state index in [-0.39, 0.29) is 36.8 Å². The summed E-state index contributed by atoms with van der Waals surface area (Å²) in [6.45, 7) is 5.31. The maximum absolute atomic E-state index is 13.2. The molecule has 0 aromatic heterocycles. The smallest absolute Gasteiger partial charge is 0.315 e. The van der Waals surface area contributed by atoms with Crippen molar-refractivity contribution in [3.63, 3.8) is 0 Å². The van der Waals surface area contributed by atoms with Crippen LogP contribution in [0.1, 0.15) is 20.8 Å². The molecular weight excluding hydrogens is 280 g/mol. The number of nitrogens with zero attached hydrogens (tertiary/aromatic N) is 1. The van der Waals surface area contributed by atoms with Gasteiger partial charge in [0, 0.05) is 37.8 Å². The summed E-state index contributed by atoms with van der Waals surface area (Å²) in [5.41, 5.74) is 0.243. The van der Waals surface area contributed by atoms with Gasteiger partial charge in [-0.05, 0) is 26.0 Å². The summed E-state index contributed by atoms with van der Waals surface area (Å²) < 4.78 is 26.1. The van der Waals surface area contributed by atoms with E-state index in [0.29, 0.717) is 0 Å². The number of halogens is 2. The van der Waals surface area contributed by atoms with Crippen LogP contribution in [0.3, 0.4) is 0 Å². The van der Waals surface area contributed by atoms with Crippen LogP contribution in [0.15, 0.2) is 18.2 Å². The van der Waals surface area contributed by atoms with E-state index in [0.717, 1.165) is 12.1 Å². The van der Waals surface area contributed by atoms with Crippen LogP contribution in [0.4, 0.5) is 19.3 Å². The van der Waals surface area contributed by atoms with Gasteiger partial charge in [0.25, 0.3) is 0 Å². The van der Waals surface area contributed by atoms with Gasteiger partial charge in [-0.15, -0.1) is 0 Å². The molecule has 0 spiro atoms. The zero-order valence-electron chi connectivity index (χ0n) is 12.2. The largest absolute Gasteiger partial charge is 0.336 e. The van der Waals surface area contributed by atoms with Crippen molar-refractivity contribution in [1.29, 1.82) is 0 Å². The van der Waals surface area contributed by atoms with E-state index in [4.69, 9.17) is 0 Å². The molecule has 1 rings (SSSR count). The molecular formula is C14H19F2N3O2. The predicted octanol–water partition coefficient (Wildman–Crippen LogP) is 2.03. The second kappa shape index (κ2) is 7.56. The van der Waals surface area contributed by atoms with Gasteiger partial charge in [0.05, 0.1) is 0 Å². The number of rotatable bonds is 5. The van der Waals surface area contributed by atoms with E-state index in [1.807, 2.05) is 13.8 Å². The van der Waals surface area contributed by atoms with E-state index in [2.05, 4.69) is 10.6 Å². The molecule has 7 heteroatoms. The molecule has 0 saturated carbocycles. The van der Waals surface area contributed by atoms with Crippen molar-refractivity contribution in [3.8, 4) is 0 Å². The van der Waals surface area contributed by atoms with Crippen LogP contribution in [0, 0.1) is 11.6 Å². The summed E-state index contributed by atoms with van der Waals surface area (Å²) in [4.78, 5) is 24.2. The zero-order valence-corrected chi connectivity index (χ0v) is 12.2. The van der Waals surface area contributed by atoms with Gasteiger partial charge in [-0.3, -0.25) is 4.79 Å². The Bertz CT molecular complexity index is 521. The second-order valence-electron chi connectivity index (χ2n) is 4.82. The molecule has 1 aromatic rings. The third-order valence-electron chi connectivity index (χ3n) is 2.64. The van der Waals surface area contributed by atoms with Gasteiger partial charge in [0.1, 0.15) is 0 Å². The molecule has 5 nitrogen and oxygen atoms in total. The first-order valence-electron chi connectivity index (χ1n) is 6.58. The minimum absolute atomic E-state index is 0.0000968. The number of nitrogens with one attached hydrogen (secondary N) is 2. The minimum Gasteiger partial charge on any atom is -0.336 e. The van der Waals surface area contributed by atoms with Crippen LogP contribution in [0.25, 0.3) is 0 Å². The maximum Gasteiger partial charge on any atom is 0.315 e. The fourth-order valence-electron chi connectivity index (χ4n) is 1.72. The zero-order chi connectivity index (χ0) is 16.0. The molecule has 0 atom stereocenters. The Balaban J connectivity index is 2.64. The van der Waals surface area contributed by atoms with E-state index in [9.17, 15) is 18.4 Å². The van der Waals surface area contributed by atoms with Gasteiger partial charge in [0.2, 0.25) is 5.91 Å². The number of hydrogen-bond donors (Lipinski definition) is 2. The molecule has 0 heterocycles. The number of hydrogen-bond acceptors (Lipinski definition) is 2. The van der Waals surface area contributed by atoms with Crippen LogP contribution in [-0.4, -0.2) is 31.1 Å².